The Morgan fingerprint density at radius 2 is 1.87 bits per heavy atom. The smallest absolute Gasteiger partial charge is 0.398 e. The normalized spacial score (nSPS) is 17.6. The molecular formula is C26H29F3N8O. The highest BCUT2D eigenvalue weighted by Crippen LogP contribution is 2.37. The number of amidine groups is 1. The van der Waals surface area contributed by atoms with Crippen LogP contribution in [0.3, 0.4) is 0 Å². The van der Waals surface area contributed by atoms with Crippen LogP contribution < -0.4 is 27.0 Å². The molecule has 1 amide bonds. The molecule has 3 aromatic rings. The molecule has 9 nitrogen and oxygen atoms in total. The van der Waals surface area contributed by atoms with Crippen molar-refractivity contribution in [3.05, 3.63) is 65.7 Å². The van der Waals surface area contributed by atoms with E-state index in [1.54, 1.807) is 25.2 Å². The van der Waals surface area contributed by atoms with Gasteiger partial charge >= 0.3 is 6.18 Å². The minimum Gasteiger partial charge on any atom is -0.398 e. The number of nitrogens with one attached hydrogen (secondary N) is 3. The van der Waals surface area contributed by atoms with Gasteiger partial charge in [0.25, 0.3) is 0 Å². The topological polar surface area (TPSA) is 146 Å². The van der Waals surface area contributed by atoms with Crippen molar-refractivity contribution in [2.75, 3.05) is 29.5 Å². The lowest BCUT2D eigenvalue weighted by molar-refractivity contribution is -0.156. The number of nitrogen functional groups attached to an aromatic ring is 2. The number of nitrogens with two attached hydrogens (primary N) is 2. The first-order valence-electron chi connectivity index (χ1n) is 12.0. The van der Waals surface area contributed by atoms with Gasteiger partial charge < -0.3 is 27.0 Å². The van der Waals surface area contributed by atoms with Crippen LogP contribution in [-0.4, -0.2) is 47.5 Å². The highest BCUT2D eigenvalue weighted by molar-refractivity contribution is 6.00. The van der Waals surface area contributed by atoms with E-state index >= 15 is 0 Å². The zero-order valence-corrected chi connectivity index (χ0v) is 20.7. The minimum absolute atomic E-state index is 0.0384. The molecule has 200 valence electrons. The van der Waals surface area contributed by atoms with Crippen LogP contribution in [0.25, 0.3) is 11.3 Å². The number of benzene rings is 2. The average molecular weight is 527 g/mol. The molecule has 0 saturated carbocycles. The molecule has 1 saturated heterocycles. The van der Waals surface area contributed by atoms with Crippen LogP contribution in [0.2, 0.25) is 0 Å². The van der Waals surface area contributed by atoms with Gasteiger partial charge in [-0.05, 0) is 30.5 Å². The van der Waals surface area contributed by atoms with Crippen LogP contribution >= 0.6 is 0 Å². The standard InChI is InChI=1S/C26H29F3N8O/c1-33-25-35-20(16-7-9-18(23(31)32)19(30)11-16)12-22(36-25)37-14-17(8-10-21(37)26(27,28)29)24(38)34-13-15-5-3-2-4-6-15/h2-7,9,11-12,17,21H,8,10,13-14,30H2,1H3,(H3,31,32)(H,34,38)(H,33,35,36). The molecular weight excluding hydrogens is 497 g/mol. The maximum atomic E-state index is 14.1. The van der Waals surface area contributed by atoms with Crippen molar-refractivity contribution in [1.29, 1.82) is 5.41 Å². The summed E-state index contributed by atoms with van der Waals surface area (Å²) in [4.78, 5) is 22.8. The van der Waals surface area contributed by atoms with Gasteiger partial charge in [-0.15, -0.1) is 0 Å². The van der Waals surface area contributed by atoms with Crippen LogP contribution in [0.4, 0.5) is 30.6 Å². The fraction of sp³-hybridized carbons (Fsp3) is 0.308. The van der Waals surface area contributed by atoms with E-state index in [2.05, 4.69) is 20.6 Å². The third-order valence-electron chi connectivity index (χ3n) is 6.51. The van der Waals surface area contributed by atoms with Gasteiger partial charge in [-0.3, -0.25) is 10.2 Å². The van der Waals surface area contributed by atoms with Crippen LogP contribution in [0.5, 0.6) is 0 Å². The molecule has 0 spiro atoms. The van der Waals surface area contributed by atoms with E-state index < -0.39 is 18.1 Å². The number of nitrogens with zero attached hydrogens (tertiary/aromatic N) is 3. The number of piperidine rings is 1. The third-order valence-corrected chi connectivity index (χ3v) is 6.51. The lowest BCUT2D eigenvalue weighted by Gasteiger charge is -2.40. The SMILES string of the molecule is CNc1nc(-c2ccc(C(=N)N)c(N)c2)cc(N2CC(C(=O)NCc3ccccc3)CCC2C(F)(F)F)n1. The van der Waals surface area contributed by atoms with Crippen LogP contribution in [-0.2, 0) is 11.3 Å². The van der Waals surface area contributed by atoms with Gasteiger partial charge in [-0.2, -0.15) is 18.2 Å². The number of carbonyl (C=O) groups is 1. The second-order valence-electron chi connectivity index (χ2n) is 9.09. The summed E-state index contributed by atoms with van der Waals surface area (Å²) in [7, 11) is 1.56. The first-order chi connectivity index (χ1) is 18.1. The van der Waals surface area contributed by atoms with E-state index in [0.29, 0.717) is 16.8 Å². The molecule has 0 radical (unpaired) electrons. The minimum atomic E-state index is -4.52. The Bertz CT molecular complexity index is 1320. The van der Waals surface area contributed by atoms with Crippen molar-refractivity contribution in [1.82, 2.24) is 15.3 Å². The quantitative estimate of drug-likeness (QED) is 0.180. The van der Waals surface area contributed by atoms with E-state index in [4.69, 9.17) is 16.9 Å². The number of aromatic nitrogens is 2. The van der Waals surface area contributed by atoms with E-state index in [1.165, 1.54) is 6.07 Å². The number of hydrogen-bond acceptors (Lipinski definition) is 7. The molecule has 2 aromatic carbocycles. The van der Waals surface area contributed by atoms with Crippen molar-refractivity contribution in [3.8, 4) is 11.3 Å². The molecule has 7 N–H and O–H groups in total. The van der Waals surface area contributed by atoms with Crippen molar-refractivity contribution in [2.24, 2.45) is 11.7 Å². The molecule has 1 aliphatic rings. The largest absolute Gasteiger partial charge is 0.408 e. The molecule has 2 heterocycles. The summed E-state index contributed by atoms with van der Waals surface area (Å²) < 4.78 is 42.3. The fourth-order valence-electron chi connectivity index (χ4n) is 4.52. The highest BCUT2D eigenvalue weighted by Gasteiger charge is 2.48. The molecule has 1 fully saturated rings. The molecule has 0 aliphatic carbocycles. The number of amides is 1. The maximum Gasteiger partial charge on any atom is 0.408 e. The summed E-state index contributed by atoms with van der Waals surface area (Å²) in [5, 5.41) is 13.2. The number of alkyl halides is 3. The zero-order valence-electron chi connectivity index (χ0n) is 20.7. The molecule has 4 rings (SSSR count). The lowest BCUT2D eigenvalue weighted by Crippen LogP contribution is -2.54. The molecule has 1 aromatic heterocycles. The summed E-state index contributed by atoms with van der Waals surface area (Å²) in [6.45, 7) is 0.133. The van der Waals surface area contributed by atoms with E-state index in [9.17, 15) is 18.0 Å². The number of hydrogen-bond donors (Lipinski definition) is 5. The van der Waals surface area contributed by atoms with Gasteiger partial charge in [0.2, 0.25) is 11.9 Å². The highest BCUT2D eigenvalue weighted by atomic mass is 19.4. The molecule has 2 atom stereocenters. The van der Waals surface area contributed by atoms with E-state index in [0.717, 1.165) is 10.5 Å². The summed E-state index contributed by atoms with van der Waals surface area (Å²) in [6.07, 6.45) is -4.67. The summed E-state index contributed by atoms with van der Waals surface area (Å²) in [5.74, 6) is -1.01. The van der Waals surface area contributed by atoms with Gasteiger partial charge in [0, 0.05) is 43.0 Å². The Labute approximate surface area is 218 Å². The molecule has 38 heavy (non-hydrogen) atoms. The van der Waals surface area contributed by atoms with Crippen molar-refractivity contribution in [2.45, 2.75) is 31.6 Å². The predicted molar refractivity (Wildman–Crippen MR) is 141 cm³/mol. The third kappa shape index (κ3) is 5.96. The number of anilines is 3. The zero-order chi connectivity index (χ0) is 27.4. The Balaban J connectivity index is 1.65. The van der Waals surface area contributed by atoms with E-state index in [-0.39, 0.29) is 55.1 Å². The fourth-order valence-corrected chi connectivity index (χ4v) is 4.52. The predicted octanol–water partition coefficient (Wildman–Crippen LogP) is 3.52. The molecule has 0 bridgehead atoms. The second-order valence-corrected chi connectivity index (χ2v) is 9.09. The van der Waals surface area contributed by atoms with E-state index in [1.807, 2.05) is 30.3 Å². The Hall–Kier alpha value is -4.35. The molecule has 12 heteroatoms. The lowest BCUT2D eigenvalue weighted by atomic mass is 9.91. The first-order valence-corrected chi connectivity index (χ1v) is 12.0. The summed E-state index contributed by atoms with van der Waals surface area (Å²) >= 11 is 0. The molecule has 1 aliphatic heterocycles. The monoisotopic (exact) mass is 526 g/mol. The Morgan fingerprint density at radius 1 is 1.13 bits per heavy atom. The average Bonchev–Trinajstić information content (AvgIpc) is 2.90. The Kier molecular flexibility index (Phi) is 7.70. The molecule has 2 unspecified atom stereocenters. The summed E-state index contributed by atoms with van der Waals surface area (Å²) in [6, 6.07) is 13.7. The van der Waals surface area contributed by atoms with Gasteiger partial charge in [0.15, 0.2) is 0 Å². The number of rotatable bonds is 7. The van der Waals surface area contributed by atoms with Gasteiger partial charge in [-0.1, -0.05) is 36.4 Å². The van der Waals surface area contributed by atoms with Crippen LogP contribution in [0, 0.1) is 11.3 Å². The van der Waals surface area contributed by atoms with Crippen molar-refractivity contribution < 1.29 is 18.0 Å². The second kappa shape index (κ2) is 11.0. The number of halogens is 3. The first kappa shape index (κ1) is 26.7. The maximum absolute atomic E-state index is 14.1. The van der Waals surface area contributed by atoms with Gasteiger partial charge in [0.1, 0.15) is 17.7 Å². The Morgan fingerprint density at radius 3 is 2.50 bits per heavy atom. The van der Waals surface area contributed by atoms with Crippen molar-refractivity contribution in [3.63, 3.8) is 0 Å². The summed E-state index contributed by atoms with van der Waals surface area (Å²) in [5.41, 5.74) is 13.9. The van der Waals surface area contributed by atoms with Crippen LogP contribution in [0.15, 0.2) is 54.6 Å². The number of carbonyl (C=O) groups excluding carboxylic acids is 1. The van der Waals surface area contributed by atoms with Crippen molar-refractivity contribution >= 4 is 29.2 Å². The van der Waals surface area contributed by atoms with Crippen LogP contribution in [0.1, 0.15) is 24.0 Å². The van der Waals surface area contributed by atoms with Gasteiger partial charge in [0.05, 0.1) is 11.6 Å². The van der Waals surface area contributed by atoms with Gasteiger partial charge in [-0.25, -0.2) is 4.98 Å².